The molecule has 7 heteroatoms. The summed E-state index contributed by atoms with van der Waals surface area (Å²) in [5.41, 5.74) is 0.0980. The summed E-state index contributed by atoms with van der Waals surface area (Å²) >= 11 is 0. The third-order valence-electron chi connectivity index (χ3n) is 4.15. The van der Waals surface area contributed by atoms with Crippen LogP contribution in [0.3, 0.4) is 0 Å². The molecule has 0 bridgehead atoms. The van der Waals surface area contributed by atoms with Gasteiger partial charge in [-0.2, -0.15) is 0 Å². The van der Waals surface area contributed by atoms with Crippen LogP contribution in [0.5, 0.6) is 5.75 Å². The number of carbonyl (C=O) groups excluding carboxylic acids is 1. The quantitative estimate of drug-likeness (QED) is 0.789. The number of rotatable bonds is 6. The zero-order chi connectivity index (χ0) is 18.5. The molecule has 0 atom stereocenters. The van der Waals surface area contributed by atoms with Crippen LogP contribution in [-0.4, -0.2) is 56.3 Å². The molecule has 1 N–H and O–H groups in total. The smallest absolute Gasteiger partial charge is 0.337 e. The maximum Gasteiger partial charge on any atom is 0.337 e. The molecular weight excluding hydrogens is 336 g/mol. The molecular formula is C19H24N2O5. The molecule has 2 aromatic rings. The molecule has 3 rings (SSSR count). The van der Waals surface area contributed by atoms with Crippen LogP contribution < -0.4 is 15.7 Å². The molecule has 1 aliphatic heterocycles. The van der Waals surface area contributed by atoms with E-state index in [9.17, 15) is 9.59 Å². The van der Waals surface area contributed by atoms with Crippen molar-refractivity contribution in [1.82, 2.24) is 10.2 Å². The van der Waals surface area contributed by atoms with Gasteiger partial charge in [0.25, 0.3) is 5.91 Å². The van der Waals surface area contributed by atoms with Crippen molar-refractivity contribution in [2.45, 2.75) is 20.0 Å². The third kappa shape index (κ3) is 4.62. The molecule has 1 saturated heterocycles. The van der Waals surface area contributed by atoms with E-state index in [1.54, 1.807) is 18.2 Å². The number of benzene rings is 1. The molecule has 7 nitrogen and oxygen atoms in total. The summed E-state index contributed by atoms with van der Waals surface area (Å²) in [6, 6.07) is 6.39. The van der Waals surface area contributed by atoms with Crippen LogP contribution in [0, 0.1) is 0 Å². The van der Waals surface area contributed by atoms with E-state index in [4.69, 9.17) is 13.9 Å². The Hall–Kier alpha value is -2.38. The second kappa shape index (κ2) is 8.33. The van der Waals surface area contributed by atoms with Crippen LogP contribution in [0.15, 0.2) is 33.5 Å². The van der Waals surface area contributed by atoms with Crippen molar-refractivity contribution >= 4 is 16.9 Å². The number of fused-ring (bicyclic) bond motifs is 1. The third-order valence-corrected chi connectivity index (χ3v) is 4.15. The average molecular weight is 360 g/mol. The number of hydrogen-bond donors (Lipinski definition) is 1. The van der Waals surface area contributed by atoms with Gasteiger partial charge in [-0.1, -0.05) is 0 Å². The summed E-state index contributed by atoms with van der Waals surface area (Å²) in [5, 5.41) is 3.47. The minimum atomic E-state index is -0.558. The lowest BCUT2D eigenvalue weighted by Crippen LogP contribution is -2.41. The molecule has 1 aromatic heterocycles. The van der Waals surface area contributed by atoms with Gasteiger partial charge in [-0.15, -0.1) is 0 Å². The Balaban J connectivity index is 1.73. The first-order chi connectivity index (χ1) is 12.5. The van der Waals surface area contributed by atoms with Gasteiger partial charge in [0.2, 0.25) is 0 Å². The van der Waals surface area contributed by atoms with Crippen LogP contribution in [0.4, 0.5) is 0 Å². The van der Waals surface area contributed by atoms with Crippen LogP contribution in [0.1, 0.15) is 24.2 Å². The lowest BCUT2D eigenvalue weighted by molar-refractivity contribution is 0.0383. The monoisotopic (exact) mass is 360 g/mol. The van der Waals surface area contributed by atoms with Crippen LogP contribution in [0.25, 0.3) is 11.0 Å². The van der Waals surface area contributed by atoms with E-state index in [1.165, 1.54) is 6.07 Å². The normalized spacial score (nSPS) is 15.3. The molecule has 2 heterocycles. The van der Waals surface area contributed by atoms with Gasteiger partial charge in [0.1, 0.15) is 11.3 Å². The molecule has 1 fully saturated rings. The Bertz CT molecular complexity index is 824. The minimum absolute atomic E-state index is 0.00541. The molecule has 26 heavy (non-hydrogen) atoms. The van der Waals surface area contributed by atoms with Crippen molar-refractivity contribution in [3.05, 3.63) is 40.2 Å². The SMILES string of the molecule is CC(C)Oc1ccc2c(C(=O)NCCN3CCOCC3)cc(=O)oc2c1. The van der Waals surface area contributed by atoms with E-state index in [0.29, 0.717) is 28.8 Å². The van der Waals surface area contributed by atoms with E-state index in [0.717, 1.165) is 32.8 Å². The topological polar surface area (TPSA) is 81.0 Å². The molecule has 1 aromatic carbocycles. The van der Waals surface area contributed by atoms with Gasteiger partial charge in [0.05, 0.1) is 24.9 Å². The Labute approximate surface area is 151 Å². The fourth-order valence-corrected chi connectivity index (χ4v) is 2.92. The summed E-state index contributed by atoms with van der Waals surface area (Å²) in [6.07, 6.45) is 0.00541. The van der Waals surface area contributed by atoms with Gasteiger partial charge < -0.3 is 19.2 Å². The highest BCUT2D eigenvalue weighted by Crippen LogP contribution is 2.23. The van der Waals surface area contributed by atoms with Crippen molar-refractivity contribution in [1.29, 1.82) is 0 Å². The average Bonchev–Trinajstić information content (AvgIpc) is 2.61. The molecule has 0 saturated carbocycles. The molecule has 0 radical (unpaired) electrons. The second-order valence-corrected chi connectivity index (χ2v) is 6.51. The number of nitrogens with one attached hydrogen (secondary N) is 1. The fraction of sp³-hybridized carbons (Fsp3) is 0.474. The number of morpholine rings is 1. The van der Waals surface area contributed by atoms with Crippen LogP contribution in [-0.2, 0) is 4.74 Å². The summed E-state index contributed by atoms with van der Waals surface area (Å²) < 4.78 is 16.2. The van der Waals surface area contributed by atoms with E-state index in [2.05, 4.69) is 10.2 Å². The number of hydrogen-bond acceptors (Lipinski definition) is 6. The fourth-order valence-electron chi connectivity index (χ4n) is 2.92. The summed E-state index contributed by atoms with van der Waals surface area (Å²) in [5.74, 6) is 0.314. The highest BCUT2D eigenvalue weighted by atomic mass is 16.5. The van der Waals surface area contributed by atoms with Crippen molar-refractivity contribution in [2.75, 3.05) is 39.4 Å². The lowest BCUT2D eigenvalue weighted by Gasteiger charge is -2.26. The first kappa shape index (κ1) is 18.4. The Morgan fingerprint density at radius 3 is 2.77 bits per heavy atom. The zero-order valence-corrected chi connectivity index (χ0v) is 15.1. The Morgan fingerprint density at radius 1 is 1.27 bits per heavy atom. The number of ether oxygens (including phenoxy) is 2. The predicted molar refractivity (Wildman–Crippen MR) is 97.8 cm³/mol. The number of amides is 1. The van der Waals surface area contributed by atoms with Crippen LogP contribution in [0.2, 0.25) is 0 Å². The van der Waals surface area contributed by atoms with Gasteiger partial charge in [-0.3, -0.25) is 9.69 Å². The Morgan fingerprint density at radius 2 is 2.04 bits per heavy atom. The van der Waals surface area contributed by atoms with Gasteiger partial charge in [-0.05, 0) is 26.0 Å². The highest BCUT2D eigenvalue weighted by Gasteiger charge is 2.15. The van der Waals surface area contributed by atoms with E-state index in [1.807, 2.05) is 13.8 Å². The van der Waals surface area contributed by atoms with Gasteiger partial charge in [0, 0.05) is 43.7 Å². The minimum Gasteiger partial charge on any atom is -0.491 e. The van der Waals surface area contributed by atoms with Crippen molar-refractivity contribution in [2.24, 2.45) is 0 Å². The van der Waals surface area contributed by atoms with E-state index >= 15 is 0 Å². The van der Waals surface area contributed by atoms with Gasteiger partial charge in [-0.25, -0.2) is 4.79 Å². The van der Waals surface area contributed by atoms with Crippen LogP contribution >= 0.6 is 0 Å². The van der Waals surface area contributed by atoms with Gasteiger partial charge in [0.15, 0.2) is 0 Å². The van der Waals surface area contributed by atoms with E-state index < -0.39 is 5.63 Å². The van der Waals surface area contributed by atoms with Gasteiger partial charge >= 0.3 is 5.63 Å². The number of nitrogens with zero attached hydrogens (tertiary/aromatic N) is 1. The van der Waals surface area contributed by atoms with Crippen molar-refractivity contribution in [3.8, 4) is 5.75 Å². The van der Waals surface area contributed by atoms with E-state index in [-0.39, 0.29) is 12.0 Å². The molecule has 1 aliphatic rings. The number of carbonyl (C=O) groups is 1. The largest absolute Gasteiger partial charge is 0.491 e. The second-order valence-electron chi connectivity index (χ2n) is 6.51. The summed E-state index contributed by atoms with van der Waals surface area (Å²) in [4.78, 5) is 26.6. The lowest BCUT2D eigenvalue weighted by atomic mass is 10.1. The maximum atomic E-state index is 12.5. The Kier molecular flexibility index (Phi) is 5.90. The molecule has 0 spiro atoms. The highest BCUT2D eigenvalue weighted by molar-refractivity contribution is 6.05. The first-order valence-corrected chi connectivity index (χ1v) is 8.86. The molecule has 0 unspecified atom stereocenters. The predicted octanol–water partition coefficient (Wildman–Crippen LogP) is 1.64. The summed E-state index contributed by atoms with van der Waals surface area (Å²) in [7, 11) is 0. The zero-order valence-electron chi connectivity index (χ0n) is 15.1. The first-order valence-electron chi connectivity index (χ1n) is 8.86. The molecule has 0 aliphatic carbocycles. The summed E-state index contributed by atoms with van der Waals surface area (Å²) in [6.45, 7) is 8.27. The maximum absolute atomic E-state index is 12.5. The van der Waals surface area contributed by atoms with Crippen molar-refractivity contribution < 1.29 is 18.7 Å². The molecule has 1 amide bonds. The molecule has 140 valence electrons. The van der Waals surface area contributed by atoms with Crippen molar-refractivity contribution in [3.63, 3.8) is 0 Å². The standard InChI is InChI=1S/C19H24N2O5/c1-13(2)25-14-3-4-15-16(12-18(22)26-17(15)11-14)19(23)20-5-6-21-7-9-24-10-8-21/h3-4,11-13H,5-10H2,1-2H3,(H,20,23).